The van der Waals surface area contributed by atoms with Gasteiger partial charge in [-0.1, -0.05) is 44.0 Å². The molecule has 2 aromatic carbocycles. The summed E-state index contributed by atoms with van der Waals surface area (Å²) in [5.41, 5.74) is 1.24. The molecule has 0 fully saturated rings. The molecule has 0 aromatic heterocycles. The van der Waals surface area contributed by atoms with Gasteiger partial charge < -0.3 is 19.7 Å². The number of rotatable bonds is 16. The fourth-order valence-corrected chi connectivity index (χ4v) is 5.38. The Bertz CT molecular complexity index is 1190. The van der Waals surface area contributed by atoms with E-state index in [2.05, 4.69) is 5.32 Å². The zero-order valence-electron chi connectivity index (χ0n) is 23.4. The first-order valence-corrected chi connectivity index (χ1v) is 15.3. The van der Waals surface area contributed by atoms with Gasteiger partial charge in [0.05, 0.1) is 31.2 Å². The number of halogens is 1. The molecule has 9 nitrogen and oxygen atoms in total. The number of unbranched alkanes of at least 4 members (excludes halogenated alkanes) is 1. The number of methoxy groups -OCH3 is 2. The summed E-state index contributed by atoms with van der Waals surface area (Å²) in [5.74, 6) is 0.699. The van der Waals surface area contributed by atoms with Crippen molar-refractivity contribution < 1.29 is 27.5 Å². The monoisotopic (exact) mass is 581 g/mol. The van der Waals surface area contributed by atoms with Crippen molar-refractivity contribution in [3.63, 3.8) is 0 Å². The van der Waals surface area contributed by atoms with Crippen LogP contribution >= 0.6 is 11.6 Å². The molecule has 0 aliphatic carbocycles. The topological polar surface area (TPSA) is 105 Å². The largest absolute Gasteiger partial charge is 0.497 e. The molecule has 0 aliphatic rings. The number of benzene rings is 2. The highest BCUT2D eigenvalue weighted by Crippen LogP contribution is 2.30. The van der Waals surface area contributed by atoms with E-state index in [1.165, 1.54) is 17.5 Å². The van der Waals surface area contributed by atoms with Crippen LogP contribution in [-0.4, -0.2) is 64.7 Å². The third-order valence-electron chi connectivity index (χ3n) is 6.30. The summed E-state index contributed by atoms with van der Waals surface area (Å²) in [5, 5.41) is 3.22. The minimum absolute atomic E-state index is 0.0603. The van der Waals surface area contributed by atoms with E-state index in [1.807, 2.05) is 38.1 Å². The van der Waals surface area contributed by atoms with E-state index in [-0.39, 0.29) is 42.8 Å². The van der Waals surface area contributed by atoms with E-state index >= 15 is 0 Å². The van der Waals surface area contributed by atoms with Crippen LogP contribution in [0.5, 0.6) is 11.5 Å². The molecule has 0 heterocycles. The van der Waals surface area contributed by atoms with Crippen molar-refractivity contribution in [2.75, 3.05) is 37.9 Å². The SMILES string of the molecule is CCCCNC(=O)C(CC)N(Cc1ccc(OC)cc1)C(=O)CCCN(c1ccc(OC)c(Cl)c1)S(C)(=O)=O. The smallest absolute Gasteiger partial charge is 0.242 e. The lowest BCUT2D eigenvalue weighted by Crippen LogP contribution is -2.49. The Morgan fingerprint density at radius 1 is 1.03 bits per heavy atom. The standard InChI is InChI=1S/C28H40ClN3O6S/c1-6-8-17-30-28(34)25(7-2)31(20-21-11-14-23(37-3)15-12-21)27(33)10-9-18-32(39(5,35)36)22-13-16-26(38-4)24(29)19-22/h11-16,19,25H,6-10,17-18,20H2,1-5H3,(H,30,34). The minimum Gasteiger partial charge on any atom is -0.497 e. The van der Waals surface area contributed by atoms with E-state index in [0.29, 0.717) is 30.2 Å². The van der Waals surface area contributed by atoms with E-state index in [0.717, 1.165) is 24.7 Å². The van der Waals surface area contributed by atoms with Crippen LogP contribution in [0.1, 0.15) is 51.5 Å². The van der Waals surface area contributed by atoms with Gasteiger partial charge in [-0.15, -0.1) is 0 Å². The molecular formula is C28H40ClN3O6S. The first-order chi connectivity index (χ1) is 18.5. The Morgan fingerprint density at radius 2 is 1.72 bits per heavy atom. The van der Waals surface area contributed by atoms with Crippen LogP contribution in [0.15, 0.2) is 42.5 Å². The van der Waals surface area contributed by atoms with Crippen molar-refractivity contribution in [1.82, 2.24) is 10.2 Å². The maximum Gasteiger partial charge on any atom is 0.242 e. The number of ether oxygens (including phenoxy) is 2. The first kappa shape index (κ1) is 32.2. The Labute approximate surface area is 237 Å². The molecule has 1 N–H and O–H groups in total. The molecular weight excluding hydrogens is 542 g/mol. The highest BCUT2D eigenvalue weighted by atomic mass is 35.5. The van der Waals surface area contributed by atoms with Gasteiger partial charge in [0.2, 0.25) is 21.8 Å². The molecule has 216 valence electrons. The predicted molar refractivity (Wildman–Crippen MR) is 155 cm³/mol. The molecule has 39 heavy (non-hydrogen) atoms. The maximum absolute atomic E-state index is 13.5. The van der Waals surface area contributed by atoms with Crippen molar-refractivity contribution in [1.29, 1.82) is 0 Å². The predicted octanol–water partition coefficient (Wildman–Crippen LogP) is 4.63. The minimum atomic E-state index is -3.64. The van der Waals surface area contributed by atoms with Crippen LogP contribution < -0.4 is 19.1 Å². The summed E-state index contributed by atoms with van der Waals surface area (Å²) in [7, 11) is -0.582. The molecule has 0 radical (unpaired) electrons. The number of hydrogen-bond acceptors (Lipinski definition) is 6. The lowest BCUT2D eigenvalue weighted by atomic mass is 10.1. The van der Waals surface area contributed by atoms with Gasteiger partial charge in [0.25, 0.3) is 0 Å². The van der Waals surface area contributed by atoms with Crippen molar-refractivity contribution >= 4 is 39.1 Å². The molecule has 0 bridgehead atoms. The molecule has 11 heteroatoms. The van der Waals surface area contributed by atoms with Crippen LogP contribution in [-0.2, 0) is 26.2 Å². The quantitative estimate of drug-likeness (QED) is 0.290. The van der Waals surface area contributed by atoms with Gasteiger partial charge in [-0.05, 0) is 55.2 Å². The Hall–Kier alpha value is -2.98. The van der Waals surface area contributed by atoms with E-state index < -0.39 is 16.1 Å². The Kier molecular flexibility index (Phi) is 12.9. The molecule has 0 saturated carbocycles. The van der Waals surface area contributed by atoms with Crippen molar-refractivity contribution in [2.45, 2.75) is 58.5 Å². The van der Waals surface area contributed by atoms with E-state index in [4.69, 9.17) is 21.1 Å². The second-order valence-electron chi connectivity index (χ2n) is 9.20. The van der Waals surface area contributed by atoms with Crippen molar-refractivity contribution in [3.8, 4) is 11.5 Å². The first-order valence-electron chi connectivity index (χ1n) is 13.1. The molecule has 2 aromatic rings. The maximum atomic E-state index is 13.5. The van der Waals surface area contributed by atoms with Gasteiger partial charge in [0.1, 0.15) is 17.5 Å². The average Bonchev–Trinajstić information content (AvgIpc) is 2.90. The van der Waals surface area contributed by atoms with Crippen molar-refractivity contribution in [2.24, 2.45) is 0 Å². The highest BCUT2D eigenvalue weighted by Gasteiger charge is 2.29. The van der Waals surface area contributed by atoms with Crippen LogP contribution in [0.4, 0.5) is 5.69 Å². The summed E-state index contributed by atoms with van der Waals surface area (Å²) in [6, 6.07) is 11.4. The zero-order valence-corrected chi connectivity index (χ0v) is 25.0. The molecule has 2 amide bonds. The fraction of sp³-hybridized carbons (Fsp3) is 0.500. The van der Waals surface area contributed by atoms with Crippen LogP contribution in [0.3, 0.4) is 0 Å². The number of amides is 2. The molecule has 0 aliphatic heterocycles. The number of sulfonamides is 1. The number of nitrogens with zero attached hydrogens (tertiary/aromatic N) is 2. The van der Waals surface area contributed by atoms with E-state index in [9.17, 15) is 18.0 Å². The highest BCUT2D eigenvalue weighted by molar-refractivity contribution is 7.92. The lowest BCUT2D eigenvalue weighted by Gasteiger charge is -2.31. The second-order valence-corrected chi connectivity index (χ2v) is 11.5. The number of anilines is 1. The van der Waals surface area contributed by atoms with Crippen LogP contribution in [0.2, 0.25) is 5.02 Å². The van der Waals surface area contributed by atoms with Crippen molar-refractivity contribution in [3.05, 3.63) is 53.1 Å². The van der Waals surface area contributed by atoms with Crippen LogP contribution in [0.25, 0.3) is 0 Å². The molecule has 0 spiro atoms. The van der Waals surface area contributed by atoms with Crippen LogP contribution in [0, 0.1) is 0 Å². The fourth-order valence-electron chi connectivity index (χ4n) is 4.17. The van der Waals surface area contributed by atoms with Gasteiger partial charge in [-0.25, -0.2) is 8.42 Å². The number of carbonyl (C=O) groups is 2. The number of carbonyl (C=O) groups excluding carboxylic acids is 2. The Balaban J connectivity index is 2.22. The molecule has 0 saturated heterocycles. The van der Waals surface area contributed by atoms with Gasteiger partial charge in [0.15, 0.2) is 0 Å². The number of nitrogens with one attached hydrogen (secondary N) is 1. The van der Waals surface area contributed by atoms with Gasteiger partial charge in [-0.2, -0.15) is 0 Å². The normalized spacial score (nSPS) is 11.9. The summed E-state index contributed by atoms with van der Waals surface area (Å²) in [4.78, 5) is 28.1. The summed E-state index contributed by atoms with van der Waals surface area (Å²) >= 11 is 6.22. The molecule has 2 rings (SSSR count). The average molecular weight is 582 g/mol. The summed E-state index contributed by atoms with van der Waals surface area (Å²) in [6.07, 6.45) is 3.66. The third-order valence-corrected chi connectivity index (χ3v) is 7.79. The summed E-state index contributed by atoms with van der Waals surface area (Å²) < 4.78 is 36.7. The molecule has 1 unspecified atom stereocenters. The Morgan fingerprint density at radius 3 is 2.26 bits per heavy atom. The third kappa shape index (κ3) is 9.61. The van der Waals surface area contributed by atoms with Gasteiger partial charge >= 0.3 is 0 Å². The van der Waals surface area contributed by atoms with E-state index in [1.54, 1.807) is 24.1 Å². The lowest BCUT2D eigenvalue weighted by molar-refractivity contribution is -0.141. The number of hydrogen-bond donors (Lipinski definition) is 1. The van der Waals surface area contributed by atoms with Gasteiger partial charge in [-0.3, -0.25) is 13.9 Å². The molecule has 1 atom stereocenters. The van der Waals surface area contributed by atoms with Gasteiger partial charge in [0, 0.05) is 26.1 Å². The summed E-state index contributed by atoms with van der Waals surface area (Å²) in [6.45, 7) is 4.78. The second kappa shape index (κ2) is 15.6. The zero-order chi connectivity index (χ0) is 29.0.